The Morgan fingerprint density at radius 2 is 1.76 bits per heavy atom. The number of anilines is 1. The van der Waals surface area contributed by atoms with Crippen molar-refractivity contribution in [2.45, 2.75) is 32.6 Å². The van der Waals surface area contributed by atoms with E-state index in [-0.39, 0.29) is 11.3 Å². The number of benzene rings is 2. The topological polar surface area (TPSA) is 75.9 Å². The van der Waals surface area contributed by atoms with Crippen LogP contribution in [0.1, 0.15) is 31.9 Å². The summed E-state index contributed by atoms with van der Waals surface area (Å²) in [6.07, 6.45) is 3.84. The molecule has 1 amide bonds. The molecule has 1 saturated heterocycles. The minimum absolute atomic E-state index is 0.0131. The van der Waals surface area contributed by atoms with Crippen molar-refractivity contribution in [2.24, 2.45) is 0 Å². The van der Waals surface area contributed by atoms with Crippen LogP contribution in [-0.2, 0) is 16.6 Å². The number of hydrogen-bond donors (Lipinski definition) is 0. The number of nitrogens with zero attached hydrogens (tertiary/aromatic N) is 6. The lowest BCUT2D eigenvalue weighted by Crippen LogP contribution is -2.49. The summed E-state index contributed by atoms with van der Waals surface area (Å²) < 4.78 is 7.49. The highest BCUT2D eigenvalue weighted by Gasteiger charge is 2.28. The van der Waals surface area contributed by atoms with Gasteiger partial charge in [-0.15, -0.1) is 5.10 Å². The van der Waals surface area contributed by atoms with Crippen LogP contribution in [0.3, 0.4) is 0 Å². The Bertz CT molecular complexity index is 1550. The fraction of sp³-hybridized carbons (Fsp3) is 0.310. The number of aromatic nitrogens is 4. The van der Waals surface area contributed by atoms with Gasteiger partial charge in [-0.1, -0.05) is 56.6 Å². The average Bonchev–Trinajstić information content (AvgIpc) is 3.36. The molecular weight excluding hydrogens is 500 g/mol. The van der Waals surface area contributed by atoms with Gasteiger partial charge in [-0.3, -0.25) is 4.79 Å². The Kier molecular flexibility index (Phi) is 6.07. The number of carbonyl (C=O) groups excluding carboxylic acids is 1. The van der Waals surface area contributed by atoms with Crippen LogP contribution in [-0.4, -0.2) is 56.6 Å². The van der Waals surface area contributed by atoms with Crippen molar-refractivity contribution in [2.75, 3.05) is 31.1 Å². The number of rotatable bonds is 3. The van der Waals surface area contributed by atoms with Crippen LogP contribution in [0.5, 0.6) is 5.75 Å². The van der Waals surface area contributed by atoms with Crippen LogP contribution in [0.25, 0.3) is 17.0 Å². The largest absolute Gasteiger partial charge is 0.464 e. The van der Waals surface area contributed by atoms with E-state index in [1.165, 1.54) is 5.56 Å². The van der Waals surface area contributed by atoms with Crippen molar-refractivity contribution in [1.82, 2.24) is 24.5 Å². The normalized spacial score (nSPS) is 15.7. The number of amides is 1. The van der Waals surface area contributed by atoms with Gasteiger partial charge in [-0.05, 0) is 35.2 Å². The molecule has 4 heterocycles. The molecule has 4 aromatic rings. The highest BCUT2D eigenvalue weighted by atomic mass is 35.5. The summed E-state index contributed by atoms with van der Waals surface area (Å²) in [6, 6.07) is 16.0. The van der Waals surface area contributed by atoms with Gasteiger partial charge in [0.1, 0.15) is 12.0 Å². The monoisotopic (exact) mass is 528 g/mol. The van der Waals surface area contributed by atoms with E-state index in [1.807, 2.05) is 23.1 Å². The second kappa shape index (κ2) is 9.44. The minimum Gasteiger partial charge on any atom is -0.464 e. The van der Waals surface area contributed by atoms with E-state index < -0.39 is 0 Å². The SMILES string of the molecule is CC(C)(C)c1ccc(-c2ccnc3nc(N4CCN(C(=O)C5=COc6ccc(Cl)cc6C5)CC4)nn23)cc1. The molecule has 0 N–H and O–H groups in total. The third-order valence-electron chi connectivity index (χ3n) is 7.13. The number of carbonyl (C=O) groups is 1. The number of halogens is 1. The molecule has 2 aliphatic heterocycles. The van der Waals surface area contributed by atoms with Gasteiger partial charge in [0.25, 0.3) is 11.7 Å². The lowest BCUT2D eigenvalue weighted by atomic mass is 9.86. The fourth-order valence-corrected chi connectivity index (χ4v) is 5.09. The molecule has 0 unspecified atom stereocenters. The van der Waals surface area contributed by atoms with Gasteiger partial charge < -0.3 is 14.5 Å². The average molecular weight is 529 g/mol. The molecule has 0 radical (unpaired) electrons. The Hall–Kier alpha value is -3.91. The molecule has 6 rings (SSSR count). The maximum absolute atomic E-state index is 13.2. The summed E-state index contributed by atoms with van der Waals surface area (Å²) in [7, 11) is 0. The zero-order valence-corrected chi connectivity index (χ0v) is 22.4. The van der Waals surface area contributed by atoms with E-state index in [0.717, 1.165) is 22.6 Å². The van der Waals surface area contributed by atoms with Gasteiger partial charge in [-0.25, -0.2) is 4.98 Å². The molecule has 0 bridgehead atoms. The van der Waals surface area contributed by atoms with Gasteiger partial charge in [0.05, 0.1) is 11.3 Å². The minimum atomic E-state index is -0.0131. The third kappa shape index (κ3) is 4.60. The van der Waals surface area contributed by atoms with E-state index in [0.29, 0.717) is 54.9 Å². The lowest BCUT2D eigenvalue weighted by Gasteiger charge is -2.34. The molecule has 38 heavy (non-hydrogen) atoms. The summed E-state index contributed by atoms with van der Waals surface area (Å²) in [6.45, 7) is 9.03. The van der Waals surface area contributed by atoms with E-state index in [4.69, 9.17) is 26.4 Å². The molecule has 2 aromatic carbocycles. The Morgan fingerprint density at radius 3 is 2.50 bits per heavy atom. The first-order valence-electron chi connectivity index (χ1n) is 12.8. The van der Waals surface area contributed by atoms with Crippen molar-refractivity contribution >= 4 is 29.2 Å². The molecule has 9 heteroatoms. The predicted octanol–water partition coefficient (Wildman–Crippen LogP) is 4.91. The molecule has 0 aliphatic carbocycles. The van der Waals surface area contributed by atoms with Crippen LogP contribution >= 0.6 is 11.6 Å². The summed E-state index contributed by atoms with van der Waals surface area (Å²) in [5.74, 6) is 1.90. The molecule has 8 nitrogen and oxygen atoms in total. The number of piperazine rings is 1. The van der Waals surface area contributed by atoms with E-state index >= 15 is 0 Å². The fourth-order valence-electron chi connectivity index (χ4n) is 4.90. The van der Waals surface area contributed by atoms with E-state index in [2.05, 4.69) is 54.9 Å². The van der Waals surface area contributed by atoms with Gasteiger partial charge in [0.2, 0.25) is 5.95 Å². The zero-order chi connectivity index (χ0) is 26.4. The van der Waals surface area contributed by atoms with Crippen LogP contribution in [0.4, 0.5) is 5.95 Å². The Balaban J connectivity index is 1.16. The first-order chi connectivity index (χ1) is 18.3. The highest BCUT2D eigenvalue weighted by molar-refractivity contribution is 6.30. The third-order valence-corrected chi connectivity index (χ3v) is 7.37. The second-order valence-corrected chi connectivity index (χ2v) is 11.2. The maximum atomic E-state index is 13.2. The van der Waals surface area contributed by atoms with Crippen LogP contribution in [0.2, 0.25) is 5.02 Å². The standard InChI is InChI=1S/C29H29ClN6O2/c1-29(2,3)22-6-4-19(5-7-22)24-10-11-31-27-32-28(33-36(24)27)35-14-12-34(13-15-35)26(37)21-16-20-17-23(30)8-9-25(20)38-18-21/h4-11,17-18H,12-16H2,1-3H3. The van der Waals surface area contributed by atoms with Gasteiger partial charge in [0.15, 0.2) is 0 Å². The second-order valence-electron chi connectivity index (χ2n) is 10.8. The quantitative estimate of drug-likeness (QED) is 0.376. The molecule has 1 fully saturated rings. The molecular formula is C29H29ClN6O2. The van der Waals surface area contributed by atoms with Crippen LogP contribution < -0.4 is 9.64 Å². The lowest BCUT2D eigenvalue weighted by molar-refractivity contribution is -0.127. The summed E-state index contributed by atoms with van der Waals surface area (Å²) in [5.41, 5.74) is 4.92. The van der Waals surface area contributed by atoms with E-state index in [9.17, 15) is 4.79 Å². The molecule has 0 saturated carbocycles. The molecule has 0 spiro atoms. The van der Waals surface area contributed by atoms with Crippen molar-refractivity contribution in [3.05, 3.63) is 82.7 Å². The summed E-state index contributed by atoms with van der Waals surface area (Å²) in [4.78, 5) is 26.3. The molecule has 0 atom stereocenters. The maximum Gasteiger partial charge on any atom is 0.254 e. The summed E-state index contributed by atoms with van der Waals surface area (Å²) >= 11 is 6.13. The van der Waals surface area contributed by atoms with Crippen molar-refractivity contribution in [3.8, 4) is 17.0 Å². The summed E-state index contributed by atoms with van der Waals surface area (Å²) in [5, 5.41) is 5.43. The Labute approximate surface area is 226 Å². The molecule has 194 valence electrons. The van der Waals surface area contributed by atoms with Gasteiger partial charge >= 0.3 is 0 Å². The zero-order valence-electron chi connectivity index (χ0n) is 21.7. The first-order valence-corrected chi connectivity index (χ1v) is 13.2. The first kappa shape index (κ1) is 24.4. The predicted molar refractivity (Wildman–Crippen MR) is 148 cm³/mol. The van der Waals surface area contributed by atoms with Crippen molar-refractivity contribution in [3.63, 3.8) is 0 Å². The highest BCUT2D eigenvalue weighted by Crippen LogP contribution is 2.30. The number of hydrogen-bond acceptors (Lipinski definition) is 6. The van der Waals surface area contributed by atoms with Crippen LogP contribution in [0, 0.1) is 0 Å². The molecule has 2 aliphatic rings. The van der Waals surface area contributed by atoms with Crippen molar-refractivity contribution in [1.29, 1.82) is 0 Å². The Morgan fingerprint density at radius 1 is 1.00 bits per heavy atom. The smallest absolute Gasteiger partial charge is 0.254 e. The van der Waals surface area contributed by atoms with E-state index in [1.54, 1.807) is 23.0 Å². The molecule has 2 aromatic heterocycles. The van der Waals surface area contributed by atoms with Crippen molar-refractivity contribution < 1.29 is 9.53 Å². The van der Waals surface area contributed by atoms with Crippen LogP contribution in [0.15, 0.2) is 66.6 Å². The van der Waals surface area contributed by atoms with Gasteiger partial charge in [0, 0.05) is 54.9 Å². The van der Waals surface area contributed by atoms with Gasteiger partial charge in [-0.2, -0.15) is 9.50 Å². The number of fused-ring (bicyclic) bond motifs is 2. The number of ether oxygens (including phenoxy) is 1.